The van der Waals surface area contributed by atoms with Crippen LogP contribution >= 0.6 is 0 Å². The van der Waals surface area contributed by atoms with Crippen LogP contribution in [0.1, 0.15) is 35.2 Å². The van der Waals surface area contributed by atoms with Crippen LogP contribution in [0.15, 0.2) is 47.4 Å². The smallest absolute Gasteiger partial charge is 0.315 e. The molecule has 2 heterocycles. The Morgan fingerprint density at radius 1 is 1.07 bits per heavy atom. The highest BCUT2D eigenvalue weighted by atomic mass is 16.2. The summed E-state index contributed by atoms with van der Waals surface area (Å²) in [5, 5.41) is 6.55. The SMILES string of the molecule is O=C(NCc1nccc2c1CCCC2)NCc1cc2ccccc2[nH]c1=O. The van der Waals surface area contributed by atoms with Crippen molar-refractivity contribution in [3.8, 4) is 0 Å². The lowest BCUT2D eigenvalue weighted by atomic mass is 9.91. The van der Waals surface area contributed by atoms with Gasteiger partial charge in [-0.15, -0.1) is 0 Å². The summed E-state index contributed by atoms with van der Waals surface area (Å²) in [6, 6.07) is 11.1. The Labute approximate surface area is 157 Å². The third-order valence-electron chi connectivity index (χ3n) is 5.05. The molecule has 0 aliphatic heterocycles. The van der Waals surface area contributed by atoms with Crippen LogP contribution < -0.4 is 16.2 Å². The zero-order valence-corrected chi connectivity index (χ0v) is 15.0. The molecule has 4 rings (SSSR count). The molecule has 0 atom stereocenters. The van der Waals surface area contributed by atoms with Crippen molar-refractivity contribution in [1.82, 2.24) is 20.6 Å². The van der Waals surface area contributed by atoms with E-state index in [0.29, 0.717) is 12.1 Å². The summed E-state index contributed by atoms with van der Waals surface area (Å²) in [5.41, 5.74) is 4.68. The maximum absolute atomic E-state index is 12.2. The predicted octanol–water partition coefficient (Wildman–Crippen LogP) is 2.80. The molecular formula is C21H22N4O2. The number of hydrogen-bond acceptors (Lipinski definition) is 3. The number of carbonyl (C=O) groups is 1. The average molecular weight is 362 g/mol. The van der Waals surface area contributed by atoms with Crippen LogP contribution in [0.5, 0.6) is 0 Å². The van der Waals surface area contributed by atoms with Crippen LogP contribution in [0.3, 0.4) is 0 Å². The van der Waals surface area contributed by atoms with Gasteiger partial charge in [0.2, 0.25) is 0 Å². The molecule has 1 aromatic carbocycles. The Kier molecular flexibility index (Phi) is 4.87. The van der Waals surface area contributed by atoms with E-state index >= 15 is 0 Å². The van der Waals surface area contributed by atoms with Gasteiger partial charge in [0.05, 0.1) is 12.2 Å². The summed E-state index contributed by atoms with van der Waals surface area (Å²) < 4.78 is 0. The number of aromatic nitrogens is 2. The van der Waals surface area contributed by atoms with Gasteiger partial charge in [-0.05, 0) is 60.4 Å². The third kappa shape index (κ3) is 3.84. The number of pyridine rings is 2. The van der Waals surface area contributed by atoms with Gasteiger partial charge in [-0.3, -0.25) is 9.78 Å². The van der Waals surface area contributed by atoms with E-state index in [4.69, 9.17) is 0 Å². The van der Waals surface area contributed by atoms with Crippen LogP contribution in [0.4, 0.5) is 4.79 Å². The number of rotatable bonds is 4. The summed E-state index contributed by atoms with van der Waals surface area (Å²) in [6.07, 6.45) is 6.30. The van der Waals surface area contributed by atoms with E-state index in [2.05, 4.69) is 26.7 Å². The molecule has 0 unspecified atom stereocenters. The molecule has 1 aliphatic carbocycles. The van der Waals surface area contributed by atoms with Crippen molar-refractivity contribution in [1.29, 1.82) is 0 Å². The highest BCUT2D eigenvalue weighted by Gasteiger charge is 2.14. The topological polar surface area (TPSA) is 86.9 Å². The predicted molar refractivity (Wildman–Crippen MR) is 105 cm³/mol. The first kappa shape index (κ1) is 17.3. The molecule has 0 radical (unpaired) electrons. The molecule has 0 saturated heterocycles. The molecular weight excluding hydrogens is 340 g/mol. The number of aromatic amines is 1. The Morgan fingerprint density at radius 3 is 2.81 bits per heavy atom. The van der Waals surface area contributed by atoms with Crippen molar-refractivity contribution >= 4 is 16.9 Å². The van der Waals surface area contributed by atoms with Crippen molar-refractivity contribution in [2.75, 3.05) is 0 Å². The van der Waals surface area contributed by atoms with Gasteiger partial charge in [0.15, 0.2) is 0 Å². The van der Waals surface area contributed by atoms with Crippen molar-refractivity contribution in [2.45, 2.75) is 38.8 Å². The van der Waals surface area contributed by atoms with Gasteiger partial charge < -0.3 is 15.6 Å². The molecule has 0 bridgehead atoms. The summed E-state index contributed by atoms with van der Waals surface area (Å²) in [7, 11) is 0. The van der Waals surface area contributed by atoms with Crippen molar-refractivity contribution in [3.63, 3.8) is 0 Å². The average Bonchev–Trinajstić information content (AvgIpc) is 2.70. The van der Waals surface area contributed by atoms with Gasteiger partial charge in [0.1, 0.15) is 0 Å². The fourth-order valence-corrected chi connectivity index (χ4v) is 3.62. The molecule has 3 N–H and O–H groups in total. The van der Waals surface area contributed by atoms with Crippen molar-refractivity contribution in [2.24, 2.45) is 0 Å². The van der Waals surface area contributed by atoms with E-state index in [1.165, 1.54) is 24.0 Å². The first-order valence-electron chi connectivity index (χ1n) is 9.29. The number of urea groups is 1. The van der Waals surface area contributed by atoms with E-state index < -0.39 is 0 Å². The van der Waals surface area contributed by atoms with Crippen molar-refractivity contribution < 1.29 is 4.79 Å². The van der Waals surface area contributed by atoms with Crippen LogP contribution in [0, 0.1) is 0 Å². The Hall–Kier alpha value is -3.15. The fraction of sp³-hybridized carbons (Fsp3) is 0.286. The maximum atomic E-state index is 12.2. The zero-order chi connectivity index (χ0) is 18.6. The second-order valence-electron chi connectivity index (χ2n) is 6.85. The lowest BCUT2D eigenvalue weighted by molar-refractivity contribution is 0.240. The fourth-order valence-electron chi connectivity index (χ4n) is 3.62. The zero-order valence-electron chi connectivity index (χ0n) is 15.0. The first-order chi connectivity index (χ1) is 13.2. The van der Waals surface area contributed by atoms with Crippen LogP contribution in [0.25, 0.3) is 10.9 Å². The summed E-state index contributed by atoms with van der Waals surface area (Å²) in [5.74, 6) is 0. The van der Waals surface area contributed by atoms with E-state index in [1.807, 2.05) is 36.5 Å². The monoisotopic (exact) mass is 362 g/mol. The minimum Gasteiger partial charge on any atom is -0.334 e. The number of nitrogens with one attached hydrogen (secondary N) is 3. The number of hydrogen-bond donors (Lipinski definition) is 3. The number of para-hydroxylation sites is 1. The summed E-state index contributed by atoms with van der Waals surface area (Å²) in [6.45, 7) is 0.565. The van der Waals surface area contributed by atoms with Gasteiger partial charge in [-0.25, -0.2) is 4.79 Å². The van der Waals surface area contributed by atoms with Gasteiger partial charge >= 0.3 is 6.03 Å². The standard InChI is InChI=1S/C21H22N4O2/c26-20-16(11-15-6-2-4-8-18(15)25-20)12-23-21(27)24-13-19-17-7-3-1-5-14(17)9-10-22-19/h2,4,6,8-11H,1,3,5,7,12-13H2,(H,25,26)(H2,23,24,27). The molecule has 27 heavy (non-hydrogen) atoms. The quantitative estimate of drug-likeness (QED) is 0.667. The number of carbonyl (C=O) groups excluding carboxylic acids is 1. The summed E-state index contributed by atoms with van der Waals surface area (Å²) >= 11 is 0. The second kappa shape index (κ2) is 7.61. The molecule has 0 spiro atoms. The minimum absolute atomic E-state index is 0.173. The number of nitrogens with zero attached hydrogens (tertiary/aromatic N) is 1. The number of fused-ring (bicyclic) bond motifs is 2. The van der Waals surface area contributed by atoms with Crippen molar-refractivity contribution in [3.05, 3.63) is 75.3 Å². The molecule has 6 nitrogen and oxygen atoms in total. The lowest BCUT2D eigenvalue weighted by Crippen LogP contribution is -2.36. The van der Waals surface area contributed by atoms with E-state index in [1.54, 1.807) is 0 Å². The molecule has 2 aromatic heterocycles. The number of amides is 2. The first-order valence-corrected chi connectivity index (χ1v) is 9.29. The van der Waals surface area contributed by atoms with E-state index in [-0.39, 0.29) is 18.1 Å². The van der Waals surface area contributed by atoms with Gasteiger partial charge in [-0.1, -0.05) is 18.2 Å². The van der Waals surface area contributed by atoms with Gasteiger partial charge in [0, 0.05) is 23.8 Å². The Balaban J connectivity index is 1.38. The molecule has 138 valence electrons. The summed E-state index contributed by atoms with van der Waals surface area (Å²) in [4.78, 5) is 31.6. The highest BCUT2D eigenvalue weighted by Crippen LogP contribution is 2.22. The lowest BCUT2D eigenvalue weighted by Gasteiger charge is -2.18. The van der Waals surface area contributed by atoms with Crippen LogP contribution in [-0.2, 0) is 25.9 Å². The largest absolute Gasteiger partial charge is 0.334 e. The third-order valence-corrected chi connectivity index (χ3v) is 5.05. The van der Waals surface area contributed by atoms with Crippen LogP contribution in [0.2, 0.25) is 0 Å². The molecule has 2 amide bonds. The Bertz CT molecular complexity index is 1040. The van der Waals surface area contributed by atoms with E-state index in [9.17, 15) is 9.59 Å². The van der Waals surface area contributed by atoms with Crippen LogP contribution in [-0.4, -0.2) is 16.0 Å². The molecule has 6 heteroatoms. The molecule has 0 saturated carbocycles. The van der Waals surface area contributed by atoms with Gasteiger partial charge in [-0.2, -0.15) is 0 Å². The molecule has 3 aromatic rings. The van der Waals surface area contributed by atoms with Gasteiger partial charge in [0.25, 0.3) is 5.56 Å². The molecule has 0 fully saturated rings. The Morgan fingerprint density at radius 2 is 1.89 bits per heavy atom. The molecule has 1 aliphatic rings. The highest BCUT2D eigenvalue weighted by molar-refractivity contribution is 5.79. The normalized spacial score (nSPS) is 13.2. The minimum atomic E-state index is -0.308. The number of benzene rings is 1. The number of aryl methyl sites for hydroxylation is 1. The second-order valence-corrected chi connectivity index (χ2v) is 6.85. The maximum Gasteiger partial charge on any atom is 0.315 e. The van der Waals surface area contributed by atoms with E-state index in [0.717, 1.165) is 29.4 Å². The number of H-pyrrole nitrogens is 1.